The highest BCUT2D eigenvalue weighted by molar-refractivity contribution is 5.75. The number of benzene rings is 1. The number of hydrazone groups is 1. The number of morpholine rings is 2. The van der Waals surface area contributed by atoms with Gasteiger partial charge in [-0.3, -0.25) is 10.3 Å². The SMILES string of the molecule is Oc1ccc(N/N=C/c2nc(OCCN3CCOCC3)nc(N3CCOCC3)n2)cc1. The molecule has 31 heavy (non-hydrogen) atoms. The Kier molecular flexibility index (Phi) is 7.42. The predicted molar refractivity (Wildman–Crippen MR) is 115 cm³/mol. The molecule has 11 nitrogen and oxygen atoms in total. The molecule has 2 N–H and O–H groups in total. The van der Waals surface area contributed by atoms with Gasteiger partial charge < -0.3 is 24.2 Å². The molecule has 4 rings (SSSR count). The lowest BCUT2D eigenvalue weighted by Gasteiger charge is -2.27. The first-order chi connectivity index (χ1) is 15.3. The molecule has 11 heteroatoms. The fraction of sp³-hybridized carbons (Fsp3) is 0.500. The molecule has 2 aromatic rings. The summed E-state index contributed by atoms with van der Waals surface area (Å²) < 4.78 is 16.6. The van der Waals surface area contributed by atoms with Crippen molar-refractivity contribution >= 4 is 17.9 Å². The van der Waals surface area contributed by atoms with E-state index in [1.807, 2.05) is 4.90 Å². The first-order valence-electron chi connectivity index (χ1n) is 10.4. The number of hydrogen-bond acceptors (Lipinski definition) is 11. The Bertz CT molecular complexity index is 853. The van der Waals surface area contributed by atoms with Crippen molar-refractivity contribution in [3.05, 3.63) is 30.1 Å². The molecule has 166 valence electrons. The summed E-state index contributed by atoms with van der Waals surface area (Å²) in [5, 5.41) is 13.6. The summed E-state index contributed by atoms with van der Waals surface area (Å²) in [4.78, 5) is 17.7. The van der Waals surface area contributed by atoms with Gasteiger partial charge in [0.15, 0.2) is 5.82 Å². The molecule has 3 heterocycles. The number of aromatic hydroxyl groups is 1. The van der Waals surface area contributed by atoms with Gasteiger partial charge in [-0.15, -0.1) is 0 Å². The summed E-state index contributed by atoms with van der Waals surface area (Å²) in [5.74, 6) is 1.14. The minimum atomic E-state index is 0.195. The van der Waals surface area contributed by atoms with Gasteiger partial charge >= 0.3 is 6.01 Å². The van der Waals surface area contributed by atoms with E-state index in [1.54, 1.807) is 24.3 Å². The molecule has 1 aromatic heterocycles. The van der Waals surface area contributed by atoms with Crippen LogP contribution in [0.3, 0.4) is 0 Å². The van der Waals surface area contributed by atoms with E-state index in [0.717, 1.165) is 38.5 Å². The van der Waals surface area contributed by atoms with Crippen LogP contribution in [0.15, 0.2) is 29.4 Å². The van der Waals surface area contributed by atoms with Gasteiger partial charge in [0.05, 0.1) is 38.3 Å². The fourth-order valence-electron chi connectivity index (χ4n) is 3.18. The molecule has 2 aliphatic rings. The smallest absolute Gasteiger partial charge is 0.321 e. The van der Waals surface area contributed by atoms with E-state index in [9.17, 15) is 5.11 Å². The van der Waals surface area contributed by atoms with E-state index >= 15 is 0 Å². The molecule has 2 fully saturated rings. The summed E-state index contributed by atoms with van der Waals surface area (Å²) in [7, 11) is 0. The third-order valence-corrected chi connectivity index (χ3v) is 4.90. The maximum Gasteiger partial charge on any atom is 0.321 e. The van der Waals surface area contributed by atoms with Crippen LogP contribution in [-0.4, -0.2) is 96.9 Å². The summed E-state index contributed by atoms with van der Waals surface area (Å²) >= 11 is 0. The maximum atomic E-state index is 9.37. The van der Waals surface area contributed by atoms with E-state index in [4.69, 9.17) is 14.2 Å². The van der Waals surface area contributed by atoms with Crippen LogP contribution in [0.25, 0.3) is 0 Å². The second kappa shape index (κ2) is 10.8. The summed E-state index contributed by atoms with van der Waals surface area (Å²) in [6, 6.07) is 6.88. The molecule has 0 spiro atoms. The van der Waals surface area contributed by atoms with Crippen molar-refractivity contribution in [3.8, 4) is 11.8 Å². The van der Waals surface area contributed by atoms with Crippen LogP contribution >= 0.6 is 0 Å². The van der Waals surface area contributed by atoms with Gasteiger partial charge in [-0.2, -0.15) is 20.1 Å². The number of hydrogen-bond donors (Lipinski definition) is 2. The highest BCUT2D eigenvalue weighted by atomic mass is 16.5. The van der Waals surface area contributed by atoms with Gasteiger partial charge in [-0.05, 0) is 24.3 Å². The Hall–Kier alpha value is -3.02. The van der Waals surface area contributed by atoms with Crippen LogP contribution in [0.5, 0.6) is 11.8 Å². The molecule has 0 amide bonds. The Labute approximate surface area is 180 Å². The molecule has 1 aromatic carbocycles. The van der Waals surface area contributed by atoms with Crippen LogP contribution in [0, 0.1) is 0 Å². The van der Waals surface area contributed by atoms with E-state index < -0.39 is 0 Å². The maximum absolute atomic E-state index is 9.37. The molecule has 2 saturated heterocycles. The largest absolute Gasteiger partial charge is 0.508 e. The van der Waals surface area contributed by atoms with Gasteiger partial charge in [0.1, 0.15) is 12.4 Å². The molecule has 0 saturated carbocycles. The average molecular weight is 429 g/mol. The number of phenols is 1. The minimum Gasteiger partial charge on any atom is -0.508 e. The number of nitrogens with one attached hydrogen (secondary N) is 1. The minimum absolute atomic E-state index is 0.195. The molecule has 0 bridgehead atoms. The van der Waals surface area contributed by atoms with Gasteiger partial charge in [-0.1, -0.05) is 0 Å². The quantitative estimate of drug-likeness (QED) is 0.350. The molecular weight excluding hydrogens is 402 g/mol. The van der Waals surface area contributed by atoms with Crippen molar-refractivity contribution in [2.24, 2.45) is 5.10 Å². The lowest BCUT2D eigenvalue weighted by molar-refractivity contribution is 0.0317. The van der Waals surface area contributed by atoms with Crippen LogP contribution in [0.1, 0.15) is 5.82 Å². The monoisotopic (exact) mass is 429 g/mol. The van der Waals surface area contributed by atoms with Gasteiger partial charge in [0, 0.05) is 32.7 Å². The number of rotatable bonds is 8. The second-order valence-electron chi connectivity index (χ2n) is 7.09. The summed E-state index contributed by atoms with van der Waals surface area (Å²) in [6.45, 7) is 7.25. The number of ether oxygens (including phenoxy) is 3. The third-order valence-electron chi connectivity index (χ3n) is 4.90. The highest BCUT2D eigenvalue weighted by Crippen LogP contribution is 2.15. The fourth-order valence-corrected chi connectivity index (χ4v) is 3.18. The highest BCUT2D eigenvalue weighted by Gasteiger charge is 2.17. The van der Waals surface area contributed by atoms with E-state index in [0.29, 0.717) is 44.7 Å². The Morgan fingerprint density at radius 3 is 2.45 bits per heavy atom. The van der Waals surface area contributed by atoms with Crippen molar-refractivity contribution in [1.29, 1.82) is 0 Å². The molecule has 0 atom stereocenters. The van der Waals surface area contributed by atoms with Crippen molar-refractivity contribution in [3.63, 3.8) is 0 Å². The number of anilines is 2. The van der Waals surface area contributed by atoms with Crippen molar-refractivity contribution in [2.45, 2.75) is 0 Å². The zero-order valence-electron chi connectivity index (χ0n) is 17.3. The topological polar surface area (TPSA) is 117 Å². The third kappa shape index (κ3) is 6.48. The number of phenolic OH excluding ortho intramolecular Hbond substituents is 1. The Morgan fingerprint density at radius 1 is 1.00 bits per heavy atom. The Balaban J connectivity index is 1.42. The molecule has 0 aliphatic carbocycles. The average Bonchev–Trinajstić information content (AvgIpc) is 2.82. The number of aromatic nitrogens is 3. The van der Waals surface area contributed by atoms with Crippen molar-refractivity contribution in [1.82, 2.24) is 19.9 Å². The van der Waals surface area contributed by atoms with Crippen LogP contribution < -0.4 is 15.1 Å². The van der Waals surface area contributed by atoms with Gasteiger partial charge in [0.25, 0.3) is 0 Å². The molecular formula is C20H27N7O4. The van der Waals surface area contributed by atoms with Crippen LogP contribution in [-0.2, 0) is 9.47 Å². The van der Waals surface area contributed by atoms with E-state index in [1.165, 1.54) is 6.21 Å². The second-order valence-corrected chi connectivity index (χ2v) is 7.09. The lowest BCUT2D eigenvalue weighted by Crippen LogP contribution is -2.39. The van der Waals surface area contributed by atoms with E-state index in [-0.39, 0.29) is 11.8 Å². The Morgan fingerprint density at radius 2 is 1.71 bits per heavy atom. The zero-order valence-corrected chi connectivity index (χ0v) is 17.3. The van der Waals surface area contributed by atoms with Crippen molar-refractivity contribution in [2.75, 3.05) is 76.1 Å². The standard InChI is InChI=1S/C20H27N7O4/c28-17-3-1-16(2-4-17)25-21-15-18-22-19(27-8-12-30-13-9-27)24-20(23-18)31-14-7-26-5-10-29-11-6-26/h1-4,15,25,28H,5-14H2/b21-15+. The van der Waals surface area contributed by atoms with E-state index in [2.05, 4.69) is 30.4 Å². The van der Waals surface area contributed by atoms with Crippen LogP contribution in [0.4, 0.5) is 11.6 Å². The summed E-state index contributed by atoms with van der Waals surface area (Å²) in [5.41, 5.74) is 3.62. The van der Waals surface area contributed by atoms with Crippen molar-refractivity contribution < 1.29 is 19.3 Å². The normalized spacial score (nSPS) is 17.7. The first-order valence-corrected chi connectivity index (χ1v) is 10.4. The summed E-state index contributed by atoms with van der Waals surface area (Å²) in [6.07, 6.45) is 1.52. The van der Waals surface area contributed by atoms with Gasteiger partial charge in [0.2, 0.25) is 5.95 Å². The van der Waals surface area contributed by atoms with Crippen LogP contribution in [0.2, 0.25) is 0 Å². The first kappa shape index (κ1) is 21.2. The van der Waals surface area contributed by atoms with Gasteiger partial charge in [-0.25, -0.2) is 0 Å². The number of nitrogens with zero attached hydrogens (tertiary/aromatic N) is 6. The molecule has 2 aliphatic heterocycles. The molecule has 0 radical (unpaired) electrons. The predicted octanol–water partition coefficient (Wildman–Crippen LogP) is 0.571. The zero-order chi connectivity index (χ0) is 21.3. The molecule has 0 unspecified atom stereocenters. The lowest BCUT2D eigenvalue weighted by atomic mass is 10.3.